The summed E-state index contributed by atoms with van der Waals surface area (Å²) in [4.78, 5) is 2.19. The van der Waals surface area contributed by atoms with Gasteiger partial charge in [0.1, 0.15) is 23.9 Å². The summed E-state index contributed by atoms with van der Waals surface area (Å²) in [5.41, 5.74) is 1.25. The van der Waals surface area contributed by atoms with Crippen LogP contribution in [0.15, 0.2) is 40.8 Å². The minimum atomic E-state index is 0.680. The zero-order chi connectivity index (χ0) is 13.7. The van der Waals surface area contributed by atoms with Gasteiger partial charge in [-0.25, -0.2) is 0 Å². The standard InChI is InChI=1S/C16H21NO2/c1-13-4-7-15(8-5-13)18-11-10-17(3)12-16-9-6-14(2)19-16/h4-9H,10-12H2,1-3H3. The predicted molar refractivity (Wildman–Crippen MR) is 76.5 cm³/mol. The summed E-state index contributed by atoms with van der Waals surface area (Å²) in [6, 6.07) is 12.1. The van der Waals surface area contributed by atoms with Gasteiger partial charge in [-0.05, 0) is 45.2 Å². The van der Waals surface area contributed by atoms with Crippen LogP contribution in [-0.2, 0) is 6.54 Å². The third kappa shape index (κ3) is 4.45. The van der Waals surface area contributed by atoms with E-state index in [-0.39, 0.29) is 0 Å². The number of benzene rings is 1. The second-order valence-corrected chi connectivity index (χ2v) is 4.91. The molecule has 102 valence electrons. The molecule has 0 atom stereocenters. The summed E-state index contributed by atoms with van der Waals surface area (Å²) >= 11 is 0. The Hall–Kier alpha value is -1.74. The van der Waals surface area contributed by atoms with Gasteiger partial charge in [0.05, 0.1) is 6.54 Å². The van der Waals surface area contributed by atoms with Gasteiger partial charge in [0, 0.05) is 6.54 Å². The van der Waals surface area contributed by atoms with Crippen LogP contribution in [0, 0.1) is 13.8 Å². The van der Waals surface area contributed by atoms with Crippen molar-refractivity contribution in [2.24, 2.45) is 0 Å². The molecule has 1 aromatic carbocycles. The molecule has 3 nitrogen and oxygen atoms in total. The fourth-order valence-electron chi connectivity index (χ4n) is 1.87. The van der Waals surface area contributed by atoms with Gasteiger partial charge in [-0.2, -0.15) is 0 Å². The first-order valence-corrected chi connectivity index (χ1v) is 6.57. The molecule has 0 unspecified atom stereocenters. The minimum Gasteiger partial charge on any atom is -0.492 e. The Labute approximate surface area is 114 Å². The molecule has 0 aliphatic heterocycles. The van der Waals surface area contributed by atoms with Gasteiger partial charge in [0.25, 0.3) is 0 Å². The molecule has 2 aromatic rings. The van der Waals surface area contributed by atoms with Gasteiger partial charge in [-0.1, -0.05) is 17.7 Å². The Morgan fingerprint density at radius 2 is 1.79 bits per heavy atom. The van der Waals surface area contributed by atoms with E-state index in [1.54, 1.807) is 0 Å². The van der Waals surface area contributed by atoms with Crippen molar-refractivity contribution >= 4 is 0 Å². The monoisotopic (exact) mass is 259 g/mol. The number of likely N-dealkylation sites (N-methyl/N-ethyl adjacent to an activating group) is 1. The number of ether oxygens (including phenoxy) is 1. The highest BCUT2D eigenvalue weighted by atomic mass is 16.5. The van der Waals surface area contributed by atoms with Crippen molar-refractivity contribution in [2.75, 3.05) is 20.2 Å². The summed E-state index contributed by atoms with van der Waals surface area (Å²) in [5, 5.41) is 0. The van der Waals surface area contributed by atoms with E-state index in [1.165, 1.54) is 5.56 Å². The van der Waals surface area contributed by atoms with E-state index in [0.29, 0.717) is 6.61 Å². The van der Waals surface area contributed by atoms with E-state index in [2.05, 4.69) is 31.0 Å². The van der Waals surface area contributed by atoms with Crippen LogP contribution in [-0.4, -0.2) is 25.1 Å². The number of hydrogen-bond donors (Lipinski definition) is 0. The van der Waals surface area contributed by atoms with Crippen LogP contribution in [0.4, 0.5) is 0 Å². The first-order valence-electron chi connectivity index (χ1n) is 6.57. The summed E-state index contributed by atoms with van der Waals surface area (Å²) in [5.74, 6) is 2.88. The molecule has 0 saturated carbocycles. The molecular weight excluding hydrogens is 238 g/mol. The molecule has 0 fully saturated rings. The normalized spacial score (nSPS) is 10.9. The molecule has 0 aliphatic rings. The van der Waals surface area contributed by atoms with Crippen molar-refractivity contribution in [3.8, 4) is 5.75 Å². The lowest BCUT2D eigenvalue weighted by Crippen LogP contribution is -2.23. The minimum absolute atomic E-state index is 0.680. The predicted octanol–water partition coefficient (Wildman–Crippen LogP) is 3.41. The summed E-state index contributed by atoms with van der Waals surface area (Å²) < 4.78 is 11.3. The van der Waals surface area contributed by atoms with E-state index in [4.69, 9.17) is 9.15 Å². The maximum Gasteiger partial charge on any atom is 0.119 e. The highest BCUT2D eigenvalue weighted by Gasteiger charge is 2.04. The maximum atomic E-state index is 5.70. The Morgan fingerprint density at radius 1 is 1.05 bits per heavy atom. The largest absolute Gasteiger partial charge is 0.492 e. The topological polar surface area (TPSA) is 25.6 Å². The van der Waals surface area contributed by atoms with Crippen LogP contribution in [0.5, 0.6) is 5.75 Å². The summed E-state index contributed by atoms with van der Waals surface area (Å²) in [6.45, 7) is 6.39. The van der Waals surface area contributed by atoms with Gasteiger partial charge in [0.2, 0.25) is 0 Å². The zero-order valence-electron chi connectivity index (χ0n) is 11.8. The number of rotatable bonds is 6. The molecule has 0 radical (unpaired) electrons. The van der Waals surface area contributed by atoms with Crippen LogP contribution < -0.4 is 4.74 Å². The summed E-state index contributed by atoms with van der Waals surface area (Å²) in [6.07, 6.45) is 0. The van der Waals surface area contributed by atoms with Crippen molar-refractivity contribution in [3.05, 3.63) is 53.5 Å². The second kappa shape index (κ2) is 6.43. The molecule has 0 aliphatic carbocycles. The molecule has 0 amide bonds. The quantitative estimate of drug-likeness (QED) is 0.795. The zero-order valence-corrected chi connectivity index (χ0v) is 11.8. The molecule has 0 spiro atoms. The van der Waals surface area contributed by atoms with Crippen LogP contribution in [0.1, 0.15) is 17.1 Å². The average molecular weight is 259 g/mol. The summed E-state index contributed by atoms with van der Waals surface area (Å²) in [7, 11) is 2.07. The van der Waals surface area contributed by atoms with E-state index in [9.17, 15) is 0 Å². The van der Waals surface area contributed by atoms with E-state index >= 15 is 0 Å². The highest BCUT2D eigenvalue weighted by Crippen LogP contribution is 2.12. The van der Waals surface area contributed by atoms with E-state index in [1.807, 2.05) is 31.2 Å². The lowest BCUT2D eigenvalue weighted by atomic mass is 10.2. The fraction of sp³-hybridized carbons (Fsp3) is 0.375. The number of nitrogens with zero attached hydrogens (tertiary/aromatic N) is 1. The van der Waals surface area contributed by atoms with Crippen molar-refractivity contribution < 1.29 is 9.15 Å². The van der Waals surface area contributed by atoms with Crippen LogP contribution >= 0.6 is 0 Å². The first-order chi connectivity index (χ1) is 9.13. The van der Waals surface area contributed by atoms with Gasteiger partial charge in [-0.3, -0.25) is 4.90 Å². The molecule has 0 N–H and O–H groups in total. The number of furan rings is 1. The second-order valence-electron chi connectivity index (χ2n) is 4.91. The highest BCUT2D eigenvalue weighted by molar-refractivity contribution is 5.26. The van der Waals surface area contributed by atoms with Gasteiger partial charge in [0.15, 0.2) is 0 Å². The fourth-order valence-corrected chi connectivity index (χ4v) is 1.87. The molecule has 0 saturated heterocycles. The molecule has 19 heavy (non-hydrogen) atoms. The number of aryl methyl sites for hydroxylation is 2. The van der Waals surface area contributed by atoms with Gasteiger partial charge < -0.3 is 9.15 Å². The van der Waals surface area contributed by atoms with Crippen LogP contribution in [0.25, 0.3) is 0 Å². The Bertz CT molecular complexity index is 502. The van der Waals surface area contributed by atoms with Crippen molar-refractivity contribution in [1.82, 2.24) is 4.90 Å². The van der Waals surface area contributed by atoms with Crippen LogP contribution in [0.2, 0.25) is 0 Å². The average Bonchev–Trinajstić information content (AvgIpc) is 2.77. The first kappa shape index (κ1) is 13.7. The third-order valence-corrected chi connectivity index (χ3v) is 2.98. The Balaban J connectivity index is 1.71. The molecule has 2 rings (SSSR count). The SMILES string of the molecule is Cc1ccc(OCCN(C)Cc2ccc(C)o2)cc1. The Morgan fingerprint density at radius 3 is 2.42 bits per heavy atom. The lowest BCUT2D eigenvalue weighted by Gasteiger charge is -2.15. The molecule has 1 heterocycles. The maximum absolute atomic E-state index is 5.70. The van der Waals surface area contributed by atoms with Crippen molar-refractivity contribution in [2.45, 2.75) is 20.4 Å². The molecule has 1 aromatic heterocycles. The smallest absolute Gasteiger partial charge is 0.119 e. The van der Waals surface area contributed by atoms with Gasteiger partial charge in [-0.15, -0.1) is 0 Å². The Kier molecular flexibility index (Phi) is 4.63. The van der Waals surface area contributed by atoms with E-state index in [0.717, 1.165) is 30.4 Å². The lowest BCUT2D eigenvalue weighted by molar-refractivity contribution is 0.221. The van der Waals surface area contributed by atoms with Crippen molar-refractivity contribution in [1.29, 1.82) is 0 Å². The molecule has 3 heteroatoms. The van der Waals surface area contributed by atoms with E-state index < -0.39 is 0 Å². The molecule has 0 bridgehead atoms. The van der Waals surface area contributed by atoms with Gasteiger partial charge >= 0.3 is 0 Å². The van der Waals surface area contributed by atoms with Crippen LogP contribution in [0.3, 0.4) is 0 Å². The number of hydrogen-bond acceptors (Lipinski definition) is 3. The molecular formula is C16H21NO2. The third-order valence-electron chi connectivity index (χ3n) is 2.98. The van der Waals surface area contributed by atoms with Crippen molar-refractivity contribution in [3.63, 3.8) is 0 Å².